The van der Waals surface area contributed by atoms with E-state index in [1.54, 1.807) is 18.3 Å². The van der Waals surface area contributed by atoms with Crippen molar-refractivity contribution in [2.24, 2.45) is 0 Å². The first kappa shape index (κ1) is 14.0. The summed E-state index contributed by atoms with van der Waals surface area (Å²) in [6.07, 6.45) is 1.78. The second kappa shape index (κ2) is 6.63. The average molecular weight is 325 g/mol. The number of nitrogens with one attached hydrogen (secondary N) is 1. The van der Waals surface area contributed by atoms with Crippen LogP contribution in [0.2, 0.25) is 0 Å². The average Bonchev–Trinajstić information content (AvgIpc) is 2.40. The van der Waals surface area contributed by atoms with Crippen molar-refractivity contribution in [1.82, 2.24) is 10.3 Å². The summed E-state index contributed by atoms with van der Waals surface area (Å²) in [5, 5.41) is 3.05. The summed E-state index contributed by atoms with van der Waals surface area (Å²) in [6, 6.07) is 8.55. The minimum absolute atomic E-state index is 0.226. The Labute approximate surface area is 119 Å². The Morgan fingerprint density at radius 2 is 2.16 bits per heavy atom. The van der Waals surface area contributed by atoms with Crippen LogP contribution < -0.4 is 10.1 Å². The lowest BCUT2D eigenvalue weighted by Gasteiger charge is -2.07. The molecule has 1 aromatic carbocycles. The molecule has 0 saturated heterocycles. The predicted molar refractivity (Wildman–Crippen MR) is 75.4 cm³/mol. The van der Waals surface area contributed by atoms with Gasteiger partial charge in [-0.25, -0.2) is 4.39 Å². The third kappa shape index (κ3) is 4.01. The van der Waals surface area contributed by atoms with E-state index in [2.05, 4.69) is 26.2 Å². The highest BCUT2D eigenvalue weighted by Crippen LogP contribution is 2.22. The van der Waals surface area contributed by atoms with Crippen LogP contribution in [0.3, 0.4) is 0 Å². The number of ether oxygens (including phenoxy) is 1. The molecule has 1 heterocycles. The van der Waals surface area contributed by atoms with Crippen LogP contribution in [0.1, 0.15) is 11.3 Å². The van der Waals surface area contributed by atoms with Crippen molar-refractivity contribution in [3.63, 3.8) is 0 Å². The number of nitrogens with zero attached hydrogens (tertiary/aromatic N) is 1. The molecular formula is C14H14BrFN2O. The van der Waals surface area contributed by atoms with E-state index in [9.17, 15) is 4.39 Å². The zero-order chi connectivity index (χ0) is 13.7. The molecule has 0 atom stereocenters. The fourth-order valence-electron chi connectivity index (χ4n) is 1.59. The topological polar surface area (TPSA) is 34.1 Å². The molecule has 0 saturated carbocycles. The van der Waals surface area contributed by atoms with Gasteiger partial charge >= 0.3 is 0 Å². The summed E-state index contributed by atoms with van der Waals surface area (Å²) < 4.78 is 19.6. The van der Waals surface area contributed by atoms with Gasteiger partial charge in [0.1, 0.15) is 6.61 Å². The summed E-state index contributed by atoms with van der Waals surface area (Å²) >= 11 is 3.20. The van der Waals surface area contributed by atoms with E-state index < -0.39 is 0 Å². The number of aromatic nitrogens is 1. The zero-order valence-corrected chi connectivity index (χ0v) is 12.1. The molecule has 0 bridgehead atoms. The van der Waals surface area contributed by atoms with Crippen molar-refractivity contribution in [3.05, 3.63) is 58.1 Å². The number of rotatable bonds is 5. The molecule has 1 N–H and O–H groups in total. The van der Waals surface area contributed by atoms with Gasteiger partial charge in [0.05, 0.1) is 5.69 Å². The number of hydrogen-bond donors (Lipinski definition) is 1. The van der Waals surface area contributed by atoms with Crippen LogP contribution in [0, 0.1) is 5.82 Å². The van der Waals surface area contributed by atoms with Gasteiger partial charge in [-0.15, -0.1) is 0 Å². The molecule has 0 amide bonds. The number of pyridine rings is 1. The van der Waals surface area contributed by atoms with Gasteiger partial charge in [-0.3, -0.25) is 4.98 Å². The van der Waals surface area contributed by atoms with Crippen LogP contribution in [0.5, 0.6) is 5.75 Å². The Balaban J connectivity index is 1.98. The Bertz CT molecular complexity index is 546. The first-order valence-corrected chi connectivity index (χ1v) is 6.64. The molecule has 2 aromatic rings. The smallest absolute Gasteiger partial charge is 0.166 e. The van der Waals surface area contributed by atoms with E-state index in [4.69, 9.17) is 4.74 Å². The van der Waals surface area contributed by atoms with Gasteiger partial charge in [-0.2, -0.15) is 0 Å². The minimum Gasteiger partial charge on any atom is -0.484 e. The van der Waals surface area contributed by atoms with Crippen LogP contribution in [0.4, 0.5) is 4.39 Å². The Hall–Kier alpha value is -1.46. The maximum Gasteiger partial charge on any atom is 0.166 e. The van der Waals surface area contributed by atoms with Crippen molar-refractivity contribution in [3.8, 4) is 5.75 Å². The number of halogens is 2. The first-order valence-electron chi connectivity index (χ1n) is 5.85. The third-order valence-electron chi connectivity index (χ3n) is 2.54. The molecule has 0 fully saturated rings. The highest BCUT2D eigenvalue weighted by molar-refractivity contribution is 9.10. The lowest BCUT2D eigenvalue weighted by atomic mass is 10.2. The number of benzene rings is 1. The summed E-state index contributed by atoms with van der Waals surface area (Å²) in [6.45, 7) is 1.02. The second-order valence-corrected chi connectivity index (χ2v) is 4.97. The van der Waals surface area contributed by atoms with Gasteiger partial charge in [0.15, 0.2) is 11.6 Å². The fourth-order valence-corrected chi connectivity index (χ4v) is 1.93. The van der Waals surface area contributed by atoms with Gasteiger partial charge in [-0.1, -0.05) is 22.0 Å². The maximum absolute atomic E-state index is 13.5. The van der Waals surface area contributed by atoms with Crippen LogP contribution in [0.15, 0.2) is 41.0 Å². The van der Waals surface area contributed by atoms with Crippen molar-refractivity contribution in [2.75, 3.05) is 7.05 Å². The quantitative estimate of drug-likeness (QED) is 0.916. The lowest BCUT2D eigenvalue weighted by molar-refractivity contribution is 0.286. The van der Waals surface area contributed by atoms with E-state index in [1.807, 2.05) is 19.2 Å². The van der Waals surface area contributed by atoms with Gasteiger partial charge in [-0.05, 0) is 36.9 Å². The molecule has 0 aliphatic heterocycles. The lowest BCUT2D eigenvalue weighted by Crippen LogP contribution is -2.06. The van der Waals surface area contributed by atoms with Crippen molar-refractivity contribution < 1.29 is 9.13 Å². The maximum atomic E-state index is 13.5. The van der Waals surface area contributed by atoms with E-state index in [0.29, 0.717) is 4.47 Å². The summed E-state index contributed by atoms with van der Waals surface area (Å²) in [5.74, 6) is -0.162. The first-order chi connectivity index (χ1) is 9.19. The molecule has 0 aliphatic rings. The molecule has 0 radical (unpaired) electrons. The van der Waals surface area contributed by atoms with Gasteiger partial charge in [0, 0.05) is 17.2 Å². The molecule has 19 heavy (non-hydrogen) atoms. The molecule has 5 heteroatoms. The van der Waals surface area contributed by atoms with Crippen molar-refractivity contribution in [2.45, 2.75) is 13.2 Å². The standard InChI is InChI=1S/C14H14BrFN2O/c1-17-7-10-2-4-12(18-8-10)9-19-14-5-3-11(15)6-13(14)16/h2-6,8,17H,7,9H2,1H3. The van der Waals surface area contributed by atoms with E-state index in [1.165, 1.54) is 6.07 Å². The van der Waals surface area contributed by atoms with E-state index >= 15 is 0 Å². The van der Waals surface area contributed by atoms with E-state index in [-0.39, 0.29) is 18.2 Å². The molecule has 0 aliphatic carbocycles. The van der Waals surface area contributed by atoms with Gasteiger partial charge < -0.3 is 10.1 Å². The van der Waals surface area contributed by atoms with Crippen LogP contribution in [0.25, 0.3) is 0 Å². The van der Waals surface area contributed by atoms with Crippen molar-refractivity contribution in [1.29, 1.82) is 0 Å². The Morgan fingerprint density at radius 1 is 1.32 bits per heavy atom. The molecule has 100 valence electrons. The summed E-state index contributed by atoms with van der Waals surface area (Å²) in [5.41, 5.74) is 1.86. The molecular weight excluding hydrogens is 311 g/mol. The number of hydrogen-bond acceptors (Lipinski definition) is 3. The molecule has 0 spiro atoms. The highest BCUT2D eigenvalue weighted by atomic mass is 79.9. The van der Waals surface area contributed by atoms with Crippen LogP contribution in [-0.4, -0.2) is 12.0 Å². The van der Waals surface area contributed by atoms with Crippen LogP contribution in [-0.2, 0) is 13.2 Å². The normalized spacial score (nSPS) is 10.5. The summed E-state index contributed by atoms with van der Waals surface area (Å²) in [4.78, 5) is 4.26. The van der Waals surface area contributed by atoms with Crippen LogP contribution >= 0.6 is 15.9 Å². The molecule has 0 unspecified atom stereocenters. The third-order valence-corrected chi connectivity index (χ3v) is 3.03. The fraction of sp³-hybridized carbons (Fsp3) is 0.214. The van der Waals surface area contributed by atoms with Crippen molar-refractivity contribution >= 4 is 15.9 Å². The zero-order valence-electron chi connectivity index (χ0n) is 10.5. The highest BCUT2D eigenvalue weighted by Gasteiger charge is 2.04. The second-order valence-electron chi connectivity index (χ2n) is 4.05. The monoisotopic (exact) mass is 324 g/mol. The van der Waals surface area contributed by atoms with E-state index in [0.717, 1.165) is 17.8 Å². The Kier molecular flexibility index (Phi) is 4.87. The van der Waals surface area contributed by atoms with Gasteiger partial charge in [0.25, 0.3) is 0 Å². The van der Waals surface area contributed by atoms with Gasteiger partial charge in [0.2, 0.25) is 0 Å². The summed E-state index contributed by atoms with van der Waals surface area (Å²) in [7, 11) is 1.88. The molecule has 1 aromatic heterocycles. The largest absolute Gasteiger partial charge is 0.484 e. The predicted octanol–water partition coefficient (Wildman–Crippen LogP) is 3.28. The SMILES string of the molecule is CNCc1ccc(COc2ccc(Br)cc2F)nc1. The molecule has 2 rings (SSSR count). The Morgan fingerprint density at radius 3 is 2.79 bits per heavy atom. The molecule has 3 nitrogen and oxygen atoms in total. The minimum atomic E-state index is -0.388.